The van der Waals surface area contributed by atoms with Crippen LogP contribution in [-0.2, 0) is 6.54 Å². The van der Waals surface area contributed by atoms with E-state index in [0.717, 1.165) is 38.2 Å². The lowest BCUT2D eigenvalue weighted by Crippen LogP contribution is -2.40. The first kappa shape index (κ1) is 29.5. The molecular formula is C34H39N3O5. The molecule has 1 amide bonds. The minimum atomic E-state index is -0.159. The summed E-state index contributed by atoms with van der Waals surface area (Å²) >= 11 is 0. The number of pyridine rings is 1. The van der Waals surface area contributed by atoms with Crippen LogP contribution in [0.25, 0.3) is 0 Å². The number of likely N-dealkylation sites (tertiary alicyclic amines) is 2. The summed E-state index contributed by atoms with van der Waals surface area (Å²) in [5, 5.41) is 0. The van der Waals surface area contributed by atoms with Crippen LogP contribution in [0.4, 0.5) is 0 Å². The molecule has 2 aromatic carbocycles. The fraction of sp³-hybridized carbons (Fsp3) is 0.412. The Labute approximate surface area is 247 Å². The summed E-state index contributed by atoms with van der Waals surface area (Å²) in [4.78, 5) is 47.5. The number of ketones is 2. The minimum absolute atomic E-state index is 0.0768. The first-order valence-electron chi connectivity index (χ1n) is 14.8. The number of aromatic nitrogens is 1. The average Bonchev–Trinajstić information content (AvgIpc) is 3.05. The highest BCUT2D eigenvalue weighted by Gasteiger charge is 2.29. The van der Waals surface area contributed by atoms with E-state index in [1.807, 2.05) is 12.1 Å². The van der Waals surface area contributed by atoms with Crippen molar-refractivity contribution >= 4 is 17.5 Å². The van der Waals surface area contributed by atoms with Crippen molar-refractivity contribution in [3.05, 3.63) is 89.2 Å². The van der Waals surface area contributed by atoms with Crippen LogP contribution in [0.2, 0.25) is 0 Å². The van der Waals surface area contributed by atoms with Crippen LogP contribution in [0.3, 0.4) is 0 Å². The van der Waals surface area contributed by atoms with Crippen LogP contribution in [-0.4, -0.2) is 72.7 Å². The van der Waals surface area contributed by atoms with Gasteiger partial charge < -0.3 is 14.4 Å². The zero-order valence-electron chi connectivity index (χ0n) is 24.5. The second kappa shape index (κ2) is 13.7. The van der Waals surface area contributed by atoms with Crippen LogP contribution in [0.1, 0.15) is 68.9 Å². The number of carbonyl (C=O) groups is 3. The number of ether oxygens (including phenoxy) is 2. The maximum Gasteiger partial charge on any atom is 0.272 e. The molecule has 0 radical (unpaired) electrons. The molecule has 0 aliphatic carbocycles. The smallest absolute Gasteiger partial charge is 0.272 e. The molecule has 0 N–H and O–H groups in total. The van der Waals surface area contributed by atoms with Crippen molar-refractivity contribution in [2.75, 3.05) is 40.4 Å². The number of rotatable bonds is 10. The number of Topliss-reactive ketones (excluding diaryl/α,β-unsaturated/α-hetero) is 2. The van der Waals surface area contributed by atoms with Crippen LogP contribution >= 0.6 is 0 Å². The lowest BCUT2D eigenvalue weighted by Gasteiger charge is -2.31. The normalized spacial score (nSPS) is 16.7. The van der Waals surface area contributed by atoms with Crippen LogP contribution < -0.4 is 9.47 Å². The summed E-state index contributed by atoms with van der Waals surface area (Å²) in [5.41, 5.74) is 2.81. The van der Waals surface area contributed by atoms with Crippen molar-refractivity contribution in [3.8, 4) is 11.5 Å². The van der Waals surface area contributed by atoms with Crippen LogP contribution in [0.5, 0.6) is 11.5 Å². The Morgan fingerprint density at radius 1 is 0.762 bits per heavy atom. The van der Waals surface area contributed by atoms with E-state index in [0.29, 0.717) is 60.8 Å². The summed E-state index contributed by atoms with van der Waals surface area (Å²) < 4.78 is 10.4. The zero-order chi connectivity index (χ0) is 29.5. The molecular weight excluding hydrogens is 530 g/mol. The summed E-state index contributed by atoms with van der Waals surface area (Å²) in [6.45, 7) is 3.85. The summed E-state index contributed by atoms with van der Waals surface area (Å²) in [5.74, 6) is 1.85. The van der Waals surface area contributed by atoms with Gasteiger partial charge in [-0.15, -0.1) is 0 Å². The highest BCUT2D eigenvalue weighted by Crippen LogP contribution is 2.26. The second-order valence-corrected chi connectivity index (χ2v) is 11.3. The highest BCUT2D eigenvalue weighted by molar-refractivity contribution is 5.99. The number of hydrogen-bond donors (Lipinski definition) is 0. The molecule has 2 fully saturated rings. The molecule has 2 aliphatic rings. The van der Waals surface area contributed by atoms with Gasteiger partial charge in [-0.1, -0.05) is 12.1 Å². The third kappa shape index (κ3) is 7.23. The Morgan fingerprint density at radius 2 is 1.36 bits per heavy atom. The van der Waals surface area contributed by atoms with Gasteiger partial charge in [-0.25, -0.2) is 0 Å². The number of hydrogen-bond acceptors (Lipinski definition) is 7. The van der Waals surface area contributed by atoms with E-state index < -0.39 is 0 Å². The molecule has 42 heavy (non-hydrogen) atoms. The van der Waals surface area contributed by atoms with E-state index in [1.165, 1.54) is 11.8 Å². The van der Waals surface area contributed by atoms with Gasteiger partial charge in [0.05, 0.1) is 14.2 Å². The molecule has 2 aliphatic heterocycles. The number of nitrogens with zero attached hydrogens (tertiary/aromatic N) is 3. The van der Waals surface area contributed by atoms with Gasteiger partial charge in [-0.2, -0.15) is 0 Å². The molecule has 8 nitrogen and oxygen atoms in total. The van der Waals surface area contributed by atoms with Gasteiger partial charge in [-0.3, -0.25) is 24.3 Å². The van der Waals surface area contributed by atoms with E-state index in [1.54, 1.807) is 55.5 Å². The predicted molar refractivity (Wildman–Crippen MR) is 160 cm³/mol. The third-order valence-electron chi connectivity index (χ3n) is 8.58. The fourth-order valence-electron chi connectivity index (χ4n) is 5.90. The summed E-state index contributed by atoms with van der Waals surface area (Å²) in [7, 11) is 3.27. The lowest BCUT2D eigenvalue weighted by molar-refractivity contribution is 0.0645. The first-order valence-corrected chi connectivity index (χ1v) is 14.8. The summed E-state index contributed by atoms with van der Waals surface area (Å²) in [6, 6.07) is 18.7. The zero-order valence-corrected chi connectivity index (χ0v) is 24.5. The van der Waals surface area contributed by atoms with E-state index in [4.69, 9.17) is 9.47 Å². The van der Waals surface area contributed by atoms with Crippen LogP contribution in [0.15, 0.2) is 66.9 Å². The van der Waals surface area contributed by atoms with E-state index in [9.17, 15) is 14.4 Å². The van der Waals surface area contributed by atoms with Gasteiger partial charge in [0.25, 0.3) is 5.91 Å². The molecule has 5 rings (SSSR count). The van der Waals surface area contributed by atoms with E-state index in [-0.39, 0.29) is 23.4 Å². The quantitative estimate of drug-likeness (QED) is 0.306. The number of methoxy groups -OCH3 is 2. The first-order chi connectivity index (χ1) is 20.4. The van der Waals surface area contributed by atoms with Crippen molar-refractivity contribution in [1.29, 1.82) is 0 Å². The molecule has 0 spiro atoms. The SMILES string of the molecule is COc1ccc(CN2CCC(CC(=O)c3ccc(C(=O)N4CCC(C(=O)c5ccc(OC)cc5)CC4)nc3)CC2)cc1. The number of piperidine rings is 2. The maximum absolute atomic E-state index is 13.1. The predicted octanol–water partition coefficient (Wildman–Crippen LogP) is 5.32. The standard InChI is InChI=1S/C34H39N3O5/c1-41-29-8-3-25(4-9-29)23-36-17-13-24(14-18-36)21-32(38)28-7-12-31(35-22-28)34(40)37-19-15-27(16-20-37)33(39)26-5-10-30(42-2)11-6-26/h3-12,22,24,27H,13-21,23H2,1-2H3. The molecule has 3 aromatic rings. The van der Waals surface area contributed by atoms with Crippen molar-refractivity contribution in [2.24, 2.45) is 11.8 Å². The fourth-order valence-corrected chi connectivity index (χ4v) is 5.90. The van der Waals surface area contributed by atoms with E-state index >= 15 is 0 Å². The Hall–Kier alpha value is -4.04. The van der Waals surface area contributed by atoms with Crippen LogP contribution in [0, 0.1) is 11.8 Å². The molecule has 0 atom stereocenters. The van der Waals surface area contributed by atoms with E-state index in [2.05, 4.69) is 22.0 Å². The Morgan fingerprint density at radius 3 is 1.93 bits per heavy atom. The highest BCUT2D eigenvalue weighted by atomic mass is 16.5. The molecule has 3 heterocycles. The van der Waals surface area contributed by atoms with Gasteiger partial charge in [0.2, 0.25) is 0 Å². The van der Waals surface area contributed by atoms with Crippen molar-refractivity contribution in [2.45, 2.75) is 38.6 Å². The molecule has 0 bridgehead atoms. The summed E-state index contributed by atoms with van der Waals surface area (Å²) in [6.07, 6.45) is 5.25. The Bertz CT molecular complexity index is 1360. The molecule has 0 unspecified atom stereocenters. The molecule has 220 valence electrons. The van der Waals surface area contributed by atoms with Crippen molar-refractivity contribution < 1.29 is 23.9 Å². The Balaban J connectivity index is 1.06. The largest absolute Gasteiger partial charge is 0.497 e. The van der Waals surface area contributed by atoms with Gasteiger partial charge in [-0.05, 0) is 98.8 Å². The molecule has 2 saturated heterocycles. The monoisotopic (exact) mass is 569 g/mol. The number of amides is 1. The van der Waals surface area contributed by atoms with Gasteiger partial charge in [0, 0.05) is 49.3 Å². The second-order valence-electron chi connectivity index (χ2n) is 11.3. The minimum Gasteiger partial charge on any atom is -0.497 e. The van der Waals surface area contributed by atoms with Gasteiger partial charge in [0.15, 0.2) is 11.6 Å². The van der Waals surface area contributed by atoms with Gasteiger partial charge >= 0.3 is 0 Å². The van der Waals surface area contributed by atoms with Crippen molar-refractivity contribution in [1.82, 2.24) is 14.8 Å². The Kier molecular flexibility index (Phi) is 9.64. The number of benzene rings is 2. The number of carbonyl (C=O) groups excluding carboxylic acids is 3. The molecule has 8 heteroatoms. The molecule has 0 saturated carbocycles. The molecule has 1 aromatic heterocycles. The van der Waals surface area contributed by atoms with Crippen molar-refractivity contribution in [3.63, 3.8) is 0 Å². The average molecular weight is 570 g/mol. The third-order valence-corrected chi connectivity index (χ3v) is 8.58. The topological polar surface area (TPSA) is 89.0 Å². The lowest BCUT2D eigenvalue weighted by atomic mass is 9.88. The maximum atomic E-state index is 13.1. The van der Waals surface area contributed by atoms with Gasteiger partial charge in [0.1, 0.15) is 17.2 Å².